The first kappa shape index (κ1) is 13.0. The summed E-state index contributed by atoms with van der Waals surface area (Å²) in [6.07, 6.45) is 1.31. The van der Waals surface area contributed by atoms with Crippen molar-refractivity contribution in [3.8, 4) is 0 Å². The lowest BCUT2D eigenvalue weighted by Crippen LogP contribution is -2.16. The standard InChI is InChI=1S/C15H13N5O/c21-11-20(13-7-2-1-3-8-13)14-9-5-4-6-12(14)10-15-16-18-19-17-15/h1-9,11H,10H2,(H,16,17,18,19). The maximum absolute atomic E-state index is 11.5. The summed E-state index contributed by atoms with van der Waals surface area (Å²) >= 11 is 0. The average Bonchev–Trinajstić information content (AvgIpc) is 3.04. The molecule has 0 spiro atoms. The topological polar surface area (TPSA) is 74.8 Å². The molecule has 2 aromatic carbocycles. The first-order valence-electron chi connectivity index (χ1n) is 6.48. The number of aromatic nitrogens is 4. The zero-order valence-electron chi connectivity index (χ0n) is 11.2. The van der Waals surface area contributed by atoms with Gasteiger partial charge in [-0.05, 0) is 23.8 Å². The molecule has 0 unspecified atom stereocenters. The minimum absolute atomic E-state index is 0.504. The van der Waals surface area contributed by atoms with Crippen LogP contribution in [0.3, 0.4) is 0 Å². The number of rotatable bonds is 5. The summed E-state index contributed by atoms with van der Waals surface area (Å²) in [5.74, 6) is 0.585. The number of hydrogen-bond donors (Lipinski definition) is 1. The van der Waals surface area contributed by atoms with Gasteiger partial charge in [-0.15, -0.1) is 10.2 Å². The molecule has 3 rings (SSSR count). The molecule has 1 heterocycles. The Morgan fingerprint density at radius 2 is 1.81 bits per heavy atom. The molecule has 0 aliphatic carbocycles. The molecule has 104 valence electrons. The monoisotopic (exact) mass is 279 g/mol. The Morgan fingerprint density at radius 1 is 1.05 bits per heavy atom. The second kappa shape index (κ2) is 5.96. The normalized spacial score (nSPS) is 10.3. The second-order valence-electron chi connectivity index (χ2n) is 4.44. The molecule has 1 N–H and O–H groups in total. The highest BCUT2D eigenvalue weighted by atomic mass is 16.1. The number of hydrogen-bond acceptors (Lipinski definition) is 4. The highest BCUT2D eigenvalue weighted by Gasteiger charge is 2.13. The number of amides is 1. The number of para-hydroxylation sites is 2. The molecule has 0 saturated carbocycles. The summed E-state index contributed by atoms with van der Waals surface area (Å²) in [6, 6.07) is 17.2. The van der Waals surface area contributed by atoms with Crippen molar-refractivity contribution in [1.82, 2.24) is 20.6 Å². The smallest absolute Gasteiger partial charge is 0.218 e. The number of H-pyrrole nitrogens is 1. The van der Waals surface area contributed by atoms with Crippen LogP contribution in [-0.4, -0.2) is 27.0 Å². The lowest BCUT2D eigenvalue weighted by Gasteiger charge is -2.20. The summed E-state index contributed by atoms with van der Waals surface area (Å²) in [7, 11) is 0. The summed E-state index contributed by atoms with van der Waals surface area (Å²) in [5, 5.41) is 13.9. The summed E-state index contributed by atoms with van der Waals surface area (Å²) in [4.78, 5) is 13.1. The van der Waals surface area contributed by atoms with Crippen molar-refractivity contribution >= 4 is 17.8 Å². The lowest BCUT2D eigenvalue weighted by atomic mass is 10.1. The predicted octanol–water partition coefficient (Wildman–Crippen LogP) is 2.08. The van der Waals surface area contributed by atoms with Crippen molar-refractivity contribution in [2.75, 3.05) is 4.90 Å². The van der Waals surface area contributed by atoms with E-state index >= 15 is 0 Å². The van der Waals surface area contributed by atoms with Crippen LogP contribution in [0.25, 0.3) is 0 Å². The van der Waals surface area contributed by atoms with Crippen molar-refractivity contribution in [3.05, 3.63) is 66.0 Å². The number of nitrogens with zero attached hydrogens (tertiary/aromatic N) is 4. The van der Waals surface area contributed by atoms with Gasteiger partial charge in [0.1, 0.15) is 0 Å². The maximum atomic E-state index is 11.5. The predicted molar refractivity (Wildman–Crippen MR) is 78.1 cm³/mol. The van der Waals surface area contributed by atoms with Crippen molar-refractivity contribution in [3.63, 3.8) is 0 Å². The number of carbonyl (C=O) groups excluding carboxylic acids is 1. The zero-order valence-corrected chi connectivity index (χ0v) is 11.2. The van der Waals surface area contributed by atoms with Gasteiger partial charge in [0, 0.05) is 12.1 Å². The Labute approximate surface area is 121 Å². The van der Waals surface area contributed by atoms with Crippen molar-refractivity contribution in [1.29, 1.82) is 0 Å². The van der Waals surface area contributed by atoms with E-state index in [0.29, 0.717) is 12.2 Å². The summed E-state index contributed by atoms with van der Waals surface area (Å²) in [6.45, 7) is 0. The van der Waals surface area contributed by atoms with Gasteiger partial charge < -0.3 is 0 Å². The van der Waals surface area contributed by atoms with E-state index in [1.165, 1.54) is 0 Å². The molecule has 0 saturated heterocycles. The molecule has 0 aliphatic heterocycles. The van der Waals surface area contributed by atoms with Crippen LogP contribution in [-0.2, 0) is 11.2 Å². The van der Waals surface area contributed by atoms with Crippen LogP contribution < -0.4 is 4.90 Å². The summed E-state index contributed by atoms with van der Waals surface area (Å²) < 4.78 is 0. The largest absolute Gasteiger partial charge is 0.283 e. The fraction of sp³-hybridized carbons (Fsp3) is 0.0667. The Bertz CT molecular complexity index is 712. The van der Waals surface area contributed by atoms with Crippen LogP contribution >= 0.6 is 0 Å². The molecule has 0 aliphatic rings. The van der Waals surface area contributed by atoms with E-state index in [1.54, 1.807) is 4.90 Å². The number of benzene rings is 2. The molecule has 6 heteroatoms. The first-order valence-corrected chi connectivity index (χ1v) is 6.48. The zero-order chi connectivity index (χ0) is 14.5. The maximum Gasteiger partial charge on any atom is 0.218 e. The van der Waals surface area contributed by atoms with E-state index in [0.717, 1.165) is 23.3 Å². The Balaban J connectivity index is 1.99. The first-order chi connectivity index (χ1) is 10.4. The van der Waals surface area contributed by atoms with Gasteiger partial charge in [-0.1, -0.05) is 41.6 Å². The van der Waals surface area contributed by atoms with Gasteiger partial charge in [0.05, 0.1) is 5.69 Å². The highest BCUT2D eigenvalue weighted by molar-refractivity contribution is 5.87. The average molecular weight is 279 g/mol. The molecule has 6 nitrogen and oxygen atoms in total. The fourth-order valence-electron chi connectivity index (χ4n) is 2.17. The van der Waals surface area contributed by atoms with Crippen molar-refractivity contribution in [2.24, 2.45) is 0 Å². The third kappa shape index (κ3) is 2.79. The minimum atomic E-state index is 0.504. The highest BCUT2D eigenvalue weighted by Crippen LogP contribution is 2.27. The quantitative estimate of drug-likeness (QED) is 0.726. The van der Waals surface area contributed by atoms with Gasteiger partial charge in [-0.2, -0.15) is 5.21 Å². The van der Waals surface area contributed by atoms with Gasteiger partial charge in [-0.3, -0.25) is 9.69 Å². The molecular weight excluding hydrogens is 266 g/mol. The van der Waals surface area contributed by atoms with Gasteiger partial charge >= 0.3 is 0 Å². The number of tetrazole rings is 1. The van der Waals surface area contributed by atoms with Gasteiger partial charge in [0.2, 0.25) is 6.41 Å². The van der Waals surface area contributed by atoms with E-state index in [9.17, 15) is 4.79 Å². The molecular formula is C15H13N5O. The number of anilines is 2. The van der Waals surface area contributed by atoms with E-state index in [-0.39, 0.29) is 0 Å². The Morgan fingerprint density at radius 3 is 2.52 bits per heavy atom. The van der Waals surface area contributed by atoms with E-state index in [2.05, 4.69) is 20.6 Å². The second-order valence-corrected chi connectivity index (χ2v) is 4.44. The van der Waals surface area contributed by atoms with Crippen LogP contribution in [0.4, 0.5) is 11.4 Å². The number of nitrogens with one attached hydrogen (secondary N) is 1. The third-order valence-corrected chi connectivity index (χ3v) is 3.13. The Hall–Kier alpha value is -3.02. The fourth-order valence-corrected chi connectivity index (χ4v) is 2.17. The van der Waals surface area contributed by atoms with Gasteiger partial charge in [0.25, 0.3) is 0 Å². The van der Waals surface area contributed by atoms with Crippen LogP contribution in [0.1, 0.15) is 11.4 Å². The van der Waals surface area contributed by atoms with Gasteiger partial charge in [0.15, 0.2) is 5.82 Å². The molecule has 0 bridgehead atoms. The van der Waals surface area contributed by atoms with Crippen LogP contribution in [0, 0.1) is 0 Å². The minimum Gasteiger partial charge on any atom is -0.283 e. The number of aromatic amines is 1. The lowest BCUT2D eigenvalue weighted by molar-refractivity contribution is -0.106. The third-order valence-electron chi connectivity index (χ3n) is 3.13. The molecule has 0 fully saturated rings. The molecule has 1 aromatic heterocycles. The van der Waals surface area contributed by atoms with E-state index in [4.69, 9.17) is 0 Å². The van der Waals surface area contributed by atoms with Crippen LogP contribution in [0.2, 0.25) is 0 Å². The van der Waals surface area contributed by atoms with Crippen molar-refractivity contribution < 1.29 is 4.79 Å². The molecule has 0 radical (unpaired) electrons. The van der Waals surface area contributed by atoms with Crippen LogP contribution in [0.5, 0.6) is 0 Å². The SMILES string of the molecule is O=CN(c1ccccc1)c1ccccc1Cc1nn[nH]n1. The van der Waals surface area contributed by atoms with Crippen LogP contribution in [0.15, 0.2) is 54.6 Å². The molecule has 3 aromatic rings. The molecule has 0 atom stereocenters. The Kier molecular flexibility index (Phi) is 3.68. The molecule has 1 amide bonds. The van der Waals surface area contributed by atoms with Crippen molar-refractivity contribution in [2.45, 2.75) is 6.42 Å². The van der Waals surface area contributed by atoms with Gasteiger partial charge in [-0.25, -0.2) is 0 Å². The molecule has 21 heavy (non-hydrogen) atoms. The summed E-state index contributed by atoms with van der Waals surface area (Å²) in [5.41, 5.74) is 2.58. The number of carbonyl (C=O) groups is 1. The van der Waals surface area contributed by atoms with E-state index < -0.39 is 0 Å². The van der Waals surface area contributed by atoms with E-state index in [1.807, 2.05) is 54.6 Å².